The number of aromatic nitrogens is 2. The van der Waals surface area contributed by atoms with Crippen molar-refractivity contribution in [1.82, 2.24) is 14.7 Å². The highest BCUT2D eigenvalue weighted by atomic mass is 127. The third-order valence-electron chi connectivity index (χ3n) is 4.45. The maximum absolute atomic E-state index is 6.16. The molecule has 0 radical (unpaired) electrons. The van der Waals surface area contributed by atoms with Crippen molar-refractivity contribution in [1.29, 1.82) is 0 Å². The van der Waals surface area contributed by atoms with Crippen LogP contribution in [0.4, 0.5) is 5.69 Å². The summed E-state index contributed by atoms with van der Waals surface area (Å²) in [6.07, 6.45) is 5.91. The van der Waals surface area contributed by atoms with Crippen LogP contribution < -0.4 is 10.6 Å². The third kappa shape index (κ3) is 5.77. The van der Waals surface area contributed by atoms with E-state index in [1.807, 2.05) is 36.3 Å². The van der Waals surface area contributed by atoms with Gasteiger partial charge in [-0.1, -0.05) is 11.6 Å². The molecule has 0 amide bonds. The number of nitrogens with zero attached hydrogens (tertiary/aromatic N) is 5. The Morgan fingerprint density at radius 2 is 1.88 bits per heavy atom. The van der Waals surface area contributed by atoms with Crippen molar-refractivity contribution in [2.75, 3.05) is 37.6 Å². The first-order valence-electron chi connectivity index (χ1n) is 8.65. The molecule has 8 heteroatoms. The van der Waals surface area contributed by atoms with Gasteiger partial charge in [-0.3, -0.25) is 9.67 Å². The number of aliphatic imine (C=N–C) groups is 1. The molecule has 0 bridgehead atoms. The van der Waals surface area contributed by atoms with E-state index in [1.54, 1.807) is 0 Å². The zero-order chi connectivity index (χ0) is 17.6. The molecule has 0 unspecified atom stereocenters. The summed E-state index contributed by atoms with van der Waals surface area (Å²) in [5, 5.41) is 4.95. The second kappa shape index (κ2) is 10.0. The maximum Gasteiger partial charge on any atom is 0.191 e. The SMILES string of the molecule is Cn1cc(CCCN=C(N)N2CCN(c3ccc(Cl)cc3)CC2)cn1.I. The minimum atomic E-state index is 0. The molecular formula is C18H26ClIN6. The van der Waals surface area contributed by atoms with Crippen LogP contribution in [0, 0.1) is 0 Å². The number of aryl methyl sites for hydroxylation is 2. The van der Waals surface area contributed by atoms with Gasteiger partial charge in [-0.2, -0.15) is 5.10 Å². The lowest BCUT2D eigenvalue weighted by atomic mass is 10.2. The Kier molecular flexibility index (Phi) is 8.02. The van der Waals surface area contributed by atoms with Gasteiger partial charge >= 0.3 is 0 Å². The lowest BCUT2D eigenvalue weighted by Crippen LogP contribution is -2.51. The molecule has 26 heavy (non-hydrogen) atoms. The molecule has 1 aromatic heterocycles. The standard InChI is InChI=1S/C18H25ClN6.HI/c1-23-14-15(13-22-23)3-2-8-21-18(20)25-11-9-24(10-12-25)17-6-4-16(19)5-7-17;/h4-7,13-14H,2-3,8-12H2,1H3,(H2,20,21);1H. The molecule has 0 atom stereocenters. The molecule has 142 valence electrons. The second-order valence-electron chi connectivity index (χ2n) is 6.32. The Bertz CT molecular complexity index is 707. The van der Waals surface area contributed by atoms with Crippen LogP contribution in [0.15, 0.2) is 41.7 Å². The van der Waals surface area contributed by atoms with Gasteiger partial charge in [-0.15, -0.1) is 24.0 Å². The number of anilines is 1. The molecule has 3 rings (SSSR count). The predicted octanol–water partition coefficient (Wildman–Crippen LogP) is 2.76. The van der Waals surface area contributed by atoms with E-state index in [0.717, 1.165) is 50.6 Å². The van der Waals surface area contributed by atoms with Crippen molar-refractivity contribution in [3.63, 3.8) is 0 Å². The van der Waals surface area contributed by atoms with Crippen LogP contribution in [-0.4, -0.2) is 53.4 Å². The van der Waals surface area contributed by atoms with Crippen molar-refractivity contribution >= 4 is 47.2 Å². The monoisotopic (exact) mass is 488 g/mol. The second-order valence-corrected chi connectivity index (χ2v) is 6.75. The molecule has 1 aromatic carbocycles. The van der Waals surface area contributed by atoms with Gasteiger partial charge in [-0.05, 0) is 42.7 Å². The lowest BCUT2D eigenvalue weighted by molar-refractivity contribution is 0.380. The summed E-state index contributed by atoms with van der Waals surface area (Å²) in [5.41, 5.74) is 8.61. The number of piperazine rings is 1. The summed E-state index contributed by atoms with van der Waals surface area (Å²) in [6.45, 7) is 4.40. The van der Waals surface area contributed by atoms with E-state index in [9.17, 15) is 0 Å². The topological polar surface area (TPSA) is 62.7 Å². The largest absolute Gasteiger partial charge is 0.370 e. The minimum absolute atomic E-state index is 0. The van der Waals surface area contributed by atoms with E-state index in [2.05, 4.69) is 32.0 Å². The molecule has 0 saturated carbocycles. The summed E-state index contributed by atoms with van der Waals surface area (Å²) in [4.78, 5) is 9.05. The van der Waals surface area contributed by atoms with Gasteiger partial charge in [0.25, 0.3) is 0 Å². The van der Waals surface area contributed by atoms with Crippen molar-refractivity contribution in [3.8, 4) is 0 Å². The van der Waals surface area contributed by atoms with Crippen LogP contribution in [0.5, 0.6) is 0 Å². The molecule has 1 fully saturated rings. The van der Waals surface area contributed by atoms with Crippen LogP contribution in [0.3, 0.4) is 0 Å². The fourth-order valence-corrected chi connectivity index (χ4v) is 3.15. The molecule has 2 N–H and O–H groups in total. The maximum atomic E-state index is 6.16. The van der Waals surface area contributed by atoms with Gasteiger partial charge in [0.2, 0.25) is 0 Å². The Hall–Kier alpha value is -1.48. The highest BCUT2D eigenvalue weighted by Gasteiger charge is 2.18. The van der Waals surface area contributed by atoms with E-state index in [-0.39, 0.29) is 24.0 Å². The van der Waals surface area contributed by atoms with Gasteiger partial charge in [0.15, 0.2) is 5.96 Å². The first kappa shape index (κ1) is 20.8. The van der Waals surface area contributed by atoms with Gasteiger partial charge < -0.3 is 15.5 Å². The zero-order valence-corrected chi connectivity index (χ0v) is 18.1. The lowest BCUT2D eigenvalue weighted by Gasteiger charge is -2.36. The molecule has 6 nitrogen and oxygen atoms in total. The Morgan fingerprint density at radius 1 is 1.19 bits per heavy atom. The Balaban J connectivity index is 0.00000243. The highest BCUT2D eigenvalue weighted by molar-refractivity contribution is 14.0. The number of hydrogen-bond donors (Lipinski definition) is 1. The van der Waals surface area contributed by atoms with Crippen molar-refractivity contribution in [2.24, 2.45) is 17.8 Å². The van der Waals surface area contributed by atoms with Gasteiger partial charge in [-0.25, -0.2) is 0 Å². The molecular weight excluding hydrogens is 463 g/mol. The number of guanidine groups is 1. The van der Waals surface area contributed by atoms with Crippen LogP contribution >= 0.6 is 35.6 Å². The Labute approximate surface area is 177 Å². The summed E-state index contributed by atoms with van der Waals surface area (Å²) in [5.74, 6) is 0.655. The average molecular weight is 489 g/mol. The van der Waals surface area contributed by atoms with Gasteiger partial charge in [0, 0.05) is 56.7 Å². The number of nitrogens with two attached hydrogens (primary N) is 1. The van der Waals surface area contributed by atoms with E-state index in [1.165, 1.54) is 11.3 Å². The van der Waals surface area contributed by atoms with E-state index in [4.69, 9.17) is 17.3 Å². The molecule has 1 aliphatic heterocycles. The number of hydrogen-bond acceptors (Lipinski definition) is 3. The van der Waals surface area contributed by atoms with Gasteiger partial charge in [0.05, 0.1) is 6.20 Å². The number of rotatable bonds is 5. The zero-order valence-electron chi connectivity index (χ0n) is 15.0. The third-order valence-corrected chi connectivity index (χ3v) is 4.70. The summed E-state index contributed by atoms with van der Waals surface area (Å²) >= 11 is 5.95. The normalized spacial score (nSPS) is 15.1. The molecule has 0 spiro atoms. The molecule has 0 aliphatic carbocycles. The first-order chi connectivity index (χ1) is 12.1. The van der Waals surface area contributed by atoms with E-state index >= 15 is 0 Å². The van der Waals surface area contributed by atoms with Gasteiger partial charge in [0.1, 0.15) is 0 Å². The predicted molar refractivity (Wildman–Crippen MR) is 119 cm³/mol. The highest BCUT2D eigenvalue weighted by Crippen LogP contribution is 2.19. The van der Waals surface area contributed by atoms with Crippen molar-refractivity contribution in [2.45, 2.75) is 12.8 Å². The van der Waals surface area contributed by atoms with Crippen LogP contribution in [0.25, 0.3) is 0 Å². The van der Waals surface area contributed by atoms with Crippen LogP contribution in [0.1, 0.15) is 12.0 Å². The quantitative estimate of drug-likeness (QED) is 0.304. The fraction of sp³-hybridized carbons (Fsp3) is 0.444. The summed E-state index contributed by atoms with van der Waals surface area (Å²) in [6, 6.07) is 7.99. The number of benzene rings is 1. The van der Waals surface area contributed by atoms with Crippen molar-refractivity contribution in [3.05, 3.63) is 47.2 Å². The fourth-order valence-electron chi connectivity index (χ4n) is 3.02. The van der Waals surface area contributed by atoms with E-state index < -0.39 is 0 Å². The minimum Gasteiger partial charge on any atom is -0.370 e. The van der Waals surface area contributed by atoms with Crippen LogP contribution in [-0.2, 0) is 13.5 Å². The summed E-state index contributed by atoms with van der Waals surface area (Å²) in [7, 11) is 1.93. The smallest absolute Gasteiger partial charge is 0.191 e. The van der Waals surface area contributed by atoms with Crippen LogP contribution in [0.2, 0.25) is 5.02 Å². The summed E-state index contributed by atoms with van der Waals surface area (Å²) < 4.78 is 1.83. The number of halogens is 2. The Morgan fingerprint density at radius 3 is 2.50 bits per heavy atom. The first-order valence-corrected chi connectivity index (χ1v) is 9.02. The molecule has 1 saturated heterocycles. The molecule has 2 aromatic rings. The molecule has 2 heterocycles. The molecule has 1 aliphatic rings. The van der Waals surface area contributed by atoms with E-state index in [0.29, 0.717) is 5.96 Å². The van der Waals surface area contributed by atoms with Crippen molar-refractivity contribution < 1.29 is 0 Å². The average Bonchev–Trinajstić information content (AvgIpc) is 3.05.